The average Bonchev–Trinajstić information content (AvgIpc) is 2.28. The van der Waals surface area contributed by atoms with Gasteiger partial charge in [-0.2, -0.15) is 0 Å². The Balaban J connectivity index is 3.00. The number of azide groups is 1. The first-order chi connectivity index (χ1) is 8.36. The Bertz CT molecular complexity index is 586. The Morgan fingerprint density at radius 1 is 1.33 bits per heavy atom. The fourth-order valence-electron chi connectivity index (χ4n) is 1.14. The van der Waals surface area contributed by atoms with Gasteiger partial charge in [0.15, 0.2) is 0 Å². The summed E-state index contributed by atoms with van der Waals surface area (Å²) in [7, 11) is -4.02. The zero-order chi connectivity index (χ0) is 13.8. The number of benzene rings is 1. The average molecular weight is 269 g/mol. The number of ether oxygens (including phenoxy) is 1. The minimum absolute atomic E-state index is 0.179. The molecule has 0 fully saturated rings. The van der Waals surface area contributed by atoms with Gasteiger partial charge in [0.1, 0.15) is 0 Å². The normalized spacial score (nSPS) is 10.8. The second-order valence-corrected chi connectivity index (χ2v) is 5.21. The maximum absolute atomic E-state index is 11.5. The first-order valence-corrected chi connectivity index (χ1v) is 6.43. The summed E-state index contributed by atoms with van der Waals surface area (Å²) >= 11 is 0. The van der Waals surface area contributed by atoms with Crippen molar-refractivity contribution in [3.8, 4) is 0 Å². The van der Waals surface area contributed by atoms with Gasteiger partial charge in [0.05, 0.1) is 16.6 Å². The molecule has 0 aliphatic heterocycles. The molecule has 8 heteroatoms. The van der Waals surface area contributed by atoms with Crippen molar-refractivity contribution >= 4 is 16.0 Å². The SMILES string of the molecule is CC(C)OC(=O)c1ccc(S(=O)(=O)N=[N+]=[N-])cc1. The van der Waals surface area contributed by atoms with E-state index in [4.69, 9.17) is 10.3 Å². The fraction of sp³-hybridized carbons (Fsp3) is 0.300. The van der Waals surface area contributed by atoms with E-state index < -0.39 is 16.0 Å². The number of hydrogen-bond acceptors (Lipinski definition) is 4. The number of nitrogens with zero attached hydrogens (tertiary/aromatic N) is 3. The minimum Gasteiger partial charge on any atom is -0.459 e. The number of rotatable bonds is 4. The van der Waals surface area contributed by atoms with Crippen LogP contribution < -0.4 is 0 Å². The molecule has 1 aromatic rings. The molecule has 0 spiro atoms. The van der Waals surface area contributed by atoms with Gasteiger partial charge in [-0.15, -0.1) is 0 Å². The summed E-state index contributed by atoms with van der Waals surface area (Å²) in [4.78, 5) is 13.5. The smallest absolute Gasteiger partial charge is 0.338 e. The Labute approximate surface area is 104 Å². The van der Waals surface area contributed by atoms with Crippen LogP contribution in [0.25, 0.3) is 10.4 Å². The Kier molecular flexibility index (Phi) is 4.30. The van der Waals surface area contributed by atoms with Crippen LogP contribution in [-0.4, -0.2) is 20.5 Å². The number of esters is 1. The van der Waals surface area contributed by atoms with Crippen LogP contribution >= 0.6 is 0 Å². The van der Waals surface area contributed by atoms with E-state index in [0.29, 0.717) is 0 Å². The molecule has 7 nitrogen and oxygen atoms in total. The standard InChI is InChI=1S/C10H11N3O4S/c1-7(2)17-10(14)8-3-5-9(6-4-8)18(15,16)13-12-11/h3-7H,1-2H3. The van der Waals surface area contributed by atoms with E-state index in [9.17, 15) is 13.2 Å². The summed E-state index contributed by atoms with van der Waals surface area (Å²) in [6, 6.07) is 4.96. The molecule has 0 unspecified atom stereocenters. The van der Waals surface area contributed by atoms with Crippen molar-refractivity contribution in [2.75, 3.05) is 0 Å². The van der Waals surface area contributed by atoms with Crippen LogP contribution in [0.1, 0.15) is 24.2 Å². The van der Waals surface area contributed by atoms with Crippen LogP contribution in [0.3, 0.4) is 0 Å². The number of sulfonamides is 1. The summed E-state index contributed by atoms with van der Waals surface area (Å²) in [6.45, 7) is 3.41. The van der Waals surface area contributed by atoms with E-state index in [1.807, 2.05) is 0 Å². The van der Waals surface area contributed by atoms with Gasteiger partial charge in [0.25, 0.3) is 10.0 Å². The van der Waals surface area contributed by atoms with Gasteiger partial charge in [-0.1, -0.05) is 0 Å². The molecule has 0 N–H and O–H groups in total. The third-order valence-electron chi connectivity index (χ3n) is 1.87. The van der Waals surface area contributed by atoms with Gasteiger partial charge >= 0.3 is 5.97 Å². The molecule has 0 radical (unpaired) electrons. The highest BCUT2D eigenvalue weighted by atomic mass is 32.2. The van der Waals surface area contributed by atoms with E-state index in [1.54, 1.807) is 13.8 Å². The predicted molar refractivity (Wildman–Crippen MR) is 63.3 cm³/mol. The lowest BCUT2D eigenvalue weighted by atomic mass is 10.2. The molecule has 0 amide bonds. The van der Waals surface area contributed by atoms with E-state index in [1.165, 1.54) is 24.3 Å². The minimum atomic E-state index is -4.02. The molecule has 18 heavy (non-hydrogen) atoms. The van der Waals surface area contributed by atoms with Crippen molar-refractivity contribution in [3.05, 3.63) is 40.3 Å². The van der Waals surface area contributed by atoms with E-state index in [0.717, 1.165) is 0 Å². The Morgan fingerprint density at radius 3 is 2.33 bits per heavy atom. The van der Waals surface area contributed by atoms with Crippen molar-refractivity contribution in [3.63, 3.8) is 0 Å². The molecule has 1 rings (SSSR count). The fourth-order valence-corrected chi connectivity index (χ4v) is 1.81. The molecule has 0 bridgehead atoms. The monoisotopic (exact) mass is 269 g/mol. The number of hydrogen-bond donors (Lipinski definition) is 0. The lowest BCUT2D eigenvalue weighted by Crippen LogP contribution is -2.11. The van der Waals surface area contributed by atoms with Crippen LogP contribution in [0.15, 0.2) is 33.7 Å². The Morgan fingerprint density at radius 2 is 1.89 bits per heavy atom. The number of carbonyl (C=O) groups is 1. The molecule has 96 valence electrons. The zero-order valence-electron chi connectivity index (χ0n) is 9.77. The quantitative estimate of drug-likeness (QED) is 0.361. The summed E-state index contributed by atoms with van der Waals surface area (Å²) in [6.07, 6.45) is -0.260. The van der Waals surface area contributed by atoms with Crippen LogP contribution in [-0.2, 0) is 14.8 Å². The highest BCUT2D eigenvalue weighted by molar-refractivity contribution is 7.90. The van der Waals surface area contributed by atoms with Gasteiger partial charge in [-0.25, -0.2) is 13.2 Å². The maximum atomic E-state index is 11.5. The van der Waals surface area contributed by atoms with Gasteiger partial charge in [0.2, 0.25) is 0 Å². The van der Waals surface area contributed by atoms with E-state index in [2.05, 4.69) is 9.43 Å². The molecule has 0 aromatic heterocycles. The highest BCUT2D eigenvalue weighted by Gasteiger charge is 2.14. The molecule has 0 aliphatic carbocycles. The van der Waals surface area contributed by atoms with Gasteiger partial charge in [-0.3, -0.25) is 0 Å². The predicted octanol–water partition coefficient (Wildman–Crippen LogP) is 2.25. The lowest BCUT2D eigenvalue weighted by molar-refractivity contribution is 0.0378. The maximum Gasteiger partial charge on any atom is 0.338 e. The molecule has 0 atom stereocenters. The summed E-state index contributed by atoms with van der Waals surface area (Å²) in [5.41, 5.74) is 8.34. The molecular weight excluding hydrogens is 258 g/mol. The molecule has 0 heterocycles. The van der Waals surface area contributed by atoms with Crippen LogP contribution in [0.4, 0.5) is 0 Å². The lowest BCUT2D eigenvalue weighted by Gasteiger charge is -2.07. The van der Waals surface area contributed by atoms with E-state index in [-0.39, 0.29) is 16.6 Å². The van der Waals surface area contributed by atoms with Gasteiger partial charge in [-0.05, 0) is 43.6 Å². The van der Waals surface area contributed by atoms with Crippen molar-refractivity contribution in [1.82, 2.24) is 0 Å². The van der Waals surface area contributed by atoms with Crippen molar-refractivity contribution < 1.29 is 17.9 Å². The Hall–Kier alpha value is -2.05. The van der Waals surface area contributed by atoms with Crippen molar-refractivity contribution in [1.29, 1.82) is 0 Å². The third-order valence-corrected chi connectivity index (χ3v) is 3.03. The molecular formula is C10H11N3O4S. The summed E-state index contributed by atoms with van der Waals surface area (Å²) < 4.78 is 30.3. The van der Waals surface area contributed by atoms with Gasteiger partial charge < -0.3 is 4.74 Å². The van der Waals surface area contributed by atoms with Crippen LogP contribution in [0, 0.1) is 0 Å². The first kappa shape index (κ1) is 14.0. The second-order valence-electron chi connectivity index (χ2n) is 3.62. The van der Waals surface area contributed by atoms with Gasteiger partial charge in [0, 0.05) is 9.43 Å². The molecule has 0 saturated heterocycles. The highest BCUT2D eigenvalue weighted by Crippen LogP contribution is 2.14. The second kappa shape index (κ2) is 5.52. The molecule has 1 aromatic carbocycles. The van der Waals surface area contributed by atoms with Crippen LogP contribution in [0.2, 0.25) is 0 Å². The molecule has 0 saturated carbocycles. The topological polar surface area (TPSA) is 109 Å². The number of carbonyl (C=O) groups excluding carboxylic acids is 1. The third kappa shape index (κ3) is 3.47. The summed E-state index contributed by atoms with van der Waals surface area (Å²) in [5, 5.41) is 0. The first-order valence-electron chi connectivity index (χ1n) is 4.99. The molecule has 0 aliphatic rings. The van der Waals surface area contributed by atoms with Crippen molar-refractivity contribution in [2.24, 2.45) is 4.52 Å². The zero-order valence-corrected chi connectivity index (χ0v) is 10.6. The van der Waals surface area contributed by atoms with Crippen molar-refractivity contribution in [2.45, 2.75) is 24.8 Å². The van der Waals surface area contributed by atoms with E-state index >= 15 is 0 Å². The largest absolute Gasteiger partial charge is 0.459 e. The summed E-state index contributed by atoms with van der Waals surface area (Å²) in [5.74, 6) is -0.544. The van der Waals surface area contributed by atoms with Crippen LogP contribution in [0.5, 0.6) is 0 Å².